The normalized spacial score (nSPS) is 12.5. The summed E-state index contributed by atoms with van der Waals surface area (Å²) in [5.41, 5.74) is 4.91. The van der Waals surface area contributed by atoms with E-state index < -0.39 is 7.32 Å². The minimum atomic E-state index is -1.87. The van der Waals surface area contributed by atoms with Crippen molar-refractivity contribution in [2.45, 2.75) is 52.4 Å². The second kappa shape index (κ2) is 7.43. The van der Waals surface area contributed by atoms with Crippen LogP contribution in [0, 0.1) is 0 Å². The van der Waals surface area contributed by atoms with Gasteiger partial charge in [-0.1, -0.05) is 77.9 Å². The Morgan fingerprint density at radius 2 is 1.19 bits per heavy atom. The standard InChI is InChI=1S/C26H30BNO3/c1-25(2,3)19-16-24(31-27(29)30)20(26(4,5)6)15-23(19)28-21-13-9-7-11-17(21)18-12-8-10-14-22(18)28/h7-16,29-30H,1-6H3. The first kappa shape index (κ1) is 21.5. The van der Waals surface area contributed by atoms with Crippen LogP contribution in [0.2, 0.25) is 0 Å². The Balaban J connectivity index is 2.16. The fraction of sp³-hybridized carbons (Fsp3) is 0.308. The second-order valence-electron chi connectivity index (χ2n) is 10.2. The number of fused-ring (bicyclic) bond motifs is 3. The molecule has 160 valence electrons. The van der Waals surface area contributed by atoms with Crippen LogP contribution in [-0.4, -0.2) is 21.9 Å². The zero-order valence-electron chi connectivity index (χ0n) is 19.1. The summed E-state index contributed by atoms with van der Waals surface area (Å²) in [6.07, 6.45) is 0. The molecule has 1 heterocycles. The van der Waals surface area contributed by atoms with E-state index in [0.717, 1.165) is 27.8 Å². The van der Waals surface area contributed by atoms with E-state index in [-0.39, 0.29) is 10.8 Å². The van der Waals surface area contributed by atoms with Gasteiger partial charge in [0, 0.05) is 10.8 Å². The average Bonchev–Trinajstić information content (AvgIpc) is 3.00. The average molecular weight is 415 g/mol. The zero-order valence-corrected chi connectivity index (χ0v) is 19.1. The van der Waals surface area contributed by atoms with Gasteiger partial charge in [0.2, 0.25) is 0 Å². The molecule has 0 bridgehead atoms. The van der Waals surface area contributed by atoms with Gasteiger partial charge in [0.25, 0.3) is 0 Å². The van der Waals surface area contributed by atoms with Gasteiger partial charge < -0.3 is 19.3 Å². The SMILES string of the molecule is CC(C)(C)c1cc(-n2c3ccccc3c3ccccc32)c(C(C)(C)C)cc1OB(O)O. The molecule has 0 saturated carbocycles. The maximum Gasteiger partial charge on any atom is 0.707 e. The Morgan fingerprint density at radius 1 is 0.710 bits per heavy atom. The van der Waals surface area contributed by atoms with Gasteiger partial charge >= 0.3 is 7.32 Å². The fourth-order valence-electron chi connectivity index (χ4n) is 4.33. The first-order chi connectivity index (χ1) is 14.5. The Labute approximate surface area is 184 Å². The lowest BCUT2D eigenvalue weighted by Gasteiger charge is -2.30. The molecule has 0 amide bonds. The Bertz CT molecular complexity index is 1210. The highest BCUT2D eigenvalue weighted by atomic mass is 16.6. The van der Waals surface area contributed by atoms with Crippen LogP contribution < -0.4 is 4.65 Å². The maximum absolute atomic E-state index is 9.55. The van der Waals surface area contributed by atoms with E-state index in [1.807, 2.05) is 6.07 Å². The third kappa shape index (κ3) is 3.84. The predicted octanol–water partition coefficient (Wildman–Crippen LogP) is 5.73. The van der Waals surface area contributed by atoms with Crippen LogP contribution in [0.1, 0.15) is 52.7 Å². The summed E-state index contributed by atoms with van der Waals surface area (Å²) in [6, 6.07) is 21.0. The van der Waals surface area contributed by atoms with Crippen LogP contribution in [0.15, 0.2) is 60.7 Å². The lowest BCUT2D eigenvalue weighted by molar-refractivity contribution is 0.284. The molecular weight excluding hydrogens is 385 g/mol. The van der Waals surface area contributed by atoms with Crippen LogP contribution >= 0.6 is 0 Å². The van der Waals surface area contributed by atoms with Crippen molar-refractivity contribution in [1.29, 1.82) is 0 Å². The van der Waals surface area contributed by atoms with Gasteiger partial charge in [0.05, 0.1) is 16.7 Å². The van der Waals surface area contributed by atoms with Crippen molar-refractivity contribution >= 4 is 29.1 Å². The summed E-state index contributed by atoms with van der Waals surface area (Å²) in [5.74, 6) is 0.497. The smallest absolute Gasteiger partial charge is 0.512 e. The molecule has 0 aliphatic carbocycles. The van der Waals surface area contributed by atoms with E-state index >= 15 is 0 Å². The van der Waals surface area contributed by atoms with Gasteiger partial charge in [-0.2, -0.15) is 0 Å². The first-order valence-electron chi connectivity index (χ1n) is 10.7. The van der Waals surface area contributed by atoms with Gasteiger partial charge in [-0.3, -0.25) is 0 Å². The molecule has 0 aliphatic rings. The quantitative estimate of drug-likeness (QED) is 0.421. The minimum Gasteiger partial charge on any atom is -0.512 e. The van der Waals surface area contributed by atoms with Crippen molar-refractivity contribution in [2.75, 3.05) is 0 Å². The van der Waals surface area contributed by atoms with E-state index in [1.165, 1.54) is 10.8 Å². The van der Waals surface area contributed by atoms with Gasteiger partial charge in [0.15, 0.2) is 0 Å². The minimum absolute atomic E-state index is 0.198. The molecule has 31 heavy (non-hydrogen) atoms. The third-order valence-corrected chi connectivity index (χ3v) is 5.77. The molecule has 0 radical (unpaired) electrons. The molecule has 4 rings (SSSR count). The molecule has 2 N–H and O–H groups in total. The first-order valence-corrected chi connectivity index (χ1v) is 10.7. The van der Waals surface area contributed by atoms with Crippen LogP contribution in [0.4, 0.5) is 0 Å². The fourth-order valence-corrected chi connectivity index (χ4v) is 4.33. The van der Waals surface area contributed by atoms with E-state index in [0.29, 0.717) is 5.75 Å². The van der Waals surface area contributed by atoms with Crippen molar-refractivity contribution in [3.8, 4) is 11.4 Å². The molecule has 3 aromatic carbocycles. The summed E-state index contributed by atoms with van der Waals surface area (Å²) in [4.78, 5) is 0. The number of hydrogen-bond donors (Lipinski definition) is 2. The van der Waals surface area contributed by atoms with Crippen molar-refractivity contribution in [3.63, 3.8) is 0 Å². The Morgan fingerprint density at radius 3 is 1.65 bits per heavy atom. The summed E-state index contributed by atoms with van der Waals surface area (Å²) >= 11 is 0. The molecule has 0 atom stereocenters. The van der Waals surface area contributed by atoms with Crippen molar-refractivity contribution in [1.82, 2.24) is 4.57 Å². The lowest BCUT2D eigenvalue weighted by atomic mass is 9.80. The topological polar surface area (TPSA) is 54.6 Å². The van der Waals surface area contributed by atoms with Crippen molar-refractivity contribution in [2.24, 2.45) is 0 Å². The summed E-state index contributed by atoms with van der Waals surface area (Å²) in [7, 11) is -1.87. The molecule has 4 nitrogen and oxygen atoms in total. The summed E-state index contributed by atoms with van der Waals surface area (Å²) in [5, 5.41) is 21.5. The number of nitrogens with zero attached hydrogens (tertiary/aromatic N) is 1. The molecule has 0 aliphatic heterocycles. The highest BCUT2D eigenvalue weighted by Crippen LogP contribution is 2.42. The van der Waals surface area contributed by atoms with Gasteiger partial charge in [-0.15, -0.1) is 0 Å². The Hall–Kier alpha value is -2.76. The van der Waals surface area contributed by atoms with E-state index in [1.54, 1.807) is 0 Å². The summed E-state index contributed by atoms with van der Waals surface area (Å²) < 4.78 is 7.78. The molecule has 0 spiro atoms. The second-order valence-corrected chi connectivity index (χ2v) is 10.2. The summed E-state index contributed by atoms with van der Waals surface area (Å²) in [6.45, 7) is 12.8. The van der Waals surface area contributed by atoms with Gasteiger partial charge in [-0.05, 0) is 46.2 Å². The van der Waals surface area contributed by atoms with Crippen LogP contribution in [0.25, 0.3) is 27.5 Å². The van der Waals surface area contributed by atoms with Crippen LogP contribution in [-0.2, 0) is 10.8 Å². The van der Waals surface area contributed by atoms with Crippen molar-refractivity contribution < 1.29 is 14.7 Å². The highest BCUT2D eigenvalue weighted by molar-refractivity contribution is 6.33. The molecule has 0 saturated heterocycles. The molecule has 1 aromatic heterocycles. The largest absolute Gasteiger partial charge is 0.707 e. The highest BCUT2D eigenvalue weighted by Gasteiger charge is 2.29. The van der Waals surface area contributed by atoms with Gasteiger partial charge in [-0.25, -0.2) is 0 Å². The van der Waals surface area contributed by atoms with Crippen LogP contribution in [0.3, 0.4) is 0 Å². The monoisotopic (exact) mass is 415 g/mol. The van der Waals surface area contributed by atoms with Crippen LogP contribution in [0.5, 0.6) is 5.75 Å². The zero-order chi connectivity index (χ0) is 22.6. The third-order valence-electron chi connectivity index (χ3n) is 5.77. The van der Waals surface area contributed by atoms with Gasteiger partial charge in [0.1, 0.15) is 5.75 Å². The van der Waals surface area contributed by atoms with Crippen molar-refractivity contribution in [3.05, 3.63) is 71.8 Å². The molecule has 0 fully saturated rings. The van der Waals surface area contributed by atoms with E-state index in [4.69, 9.17) is 4.65 Å². The number of rotatable bonds is 3. The maximum atomic E-state index is 9.55. The number of aromatic nitrogens is 1. The Kier molecular flexibility index (Phi) is 5.15. The predicted molar refractivity (Wildman–Crippen MR) is 129 cm³/mol. The van der Waals surface area contributed by atoms with E-state index in [2.05, 4.69) is 101 Å². The molecule has 5 heteroatoms. The number of para-hydroxylation sites is 2. The molecule has 0 unspecified atom stereocenters. The van der Waals surface area contributed by atoms with E-state index in [9.17, 15) is 10.0 Å². The number of hydrogen-bond acceptors (Lipinski definition) is 3. The number of benzene rings is 3. The lowest BCUT2D eigenvalue weighted by Crippen LogP contribution is -2.25. The molecular formula is C26H30BNO3. The molecule has 4 aromatic rings.